The van der Waals surface area contributed by atoms with Crippen molar-refractivity contribution in [1.82, 2.24) is 9.80 Å². The molecular formula is C19H27FN2O2. The zero-order valence-corrected chi connectivity index (χ0v) is 14.3. The van der Waals surface area contributed by atoms with E-state index in [1.807, 2.05) is 21.9 Å². The standard InChI is InChI=1S/C19H27FN2O2/c1-14-2-8-17(9-5-15-3-6-16(20)7-4-15)22(14)19(24)21-12-10-18(23)11-13-21/h3-4,6-7,14,17-18,23H,2,5,8-13H2,1H3/t14-,17-/m1/s1. The second-order valence-electron chi connectivity index (χ2n) is 7.15. The highest BCUT2D eigenvalue weighted by atomic mass is 19.1. The Hall–Kier alpha value is -1.62. The van der Waals surface area contributed by atoms with Gasteiger partial charge < -0.3 is 14.9 Å². The number of urea groups is 1. The van der Waals surface area contributed by atoms with Crippen molar-refractivity contribution in [1.29, 1.82) is 0 Å². The van der Waals surface area contributed by atoms with Crippen molar-refractivity contribution in [3.63, 3.8) is 0 Å². The van der Waals surface area contributed by atoms with Crippen LogP contribution in [-0.4, -0.2) is 52.2 Å². The molecule has 4 nitrogen and oxygen atoms in total. The van der Waals surface area contributed by atoms with E-state index in [-0.39, 0.29) is 30.0 Å². The molecule has 2 fully saturated rings. The van der Waals surface area contributed by atoms with Gasteiger partial charge in [0.15, 0.2) is 0 Å². The van der Waals surface area contributed by atoms with Crippen molar-refractivity contribution >= 4 is 6.03 Å². The number of piperidine rings is 1. The Morgan fingerprint density at radius 2 is 1.83 bits per heavy atom. The first-order valence-corrected chi connectivity index (χ1v) is 9.04. The summed E-state index contributed by atoms with van der Waals surface area (Å²) < 4.78 is 13.0. The summed E-state index contributed by atoms with van der Waals surface area (Å²) >= 11 is 0. The molecule has 3 rings (SSSR count). The number of aliphatic hydroxyl groups excluding tert-OH is 1. The maximum Gasteiger partial charge on any atom is 0.320 e. The molecular weight excluding hydrogens is 307 g/mol. The van der Waals surface area contributed by atoms with Gasteiger partial charge in [0.1, 0.15) is 5.82 Å². The average Bonchev–Trinajstić information content (AvgIpc) is 2.95. The van der Waals surface area contributed by atoms with Crippen molar-refractivity contribution < 1.29 is 14.3 Å². The van der Waals surface area contributed by atoms with Crippen LogP contribution in [-0.2, 0) is 6.42 Å². The molecule has 1 aromatic rings. The third kappa shape index (κ3) is 3.89. The lowest BCUT2D eigenvalue weighted by Crippen LogP contribution is -2.51. The number of carbonyl (C=O) groups is 1. The van der Waals surface area contributed by atoms with Crippen LogP contribution < -0.4 is 0 Å². The molecule has 0 spiro atoms. The summed E-state index contributed by atoms with van der Waals surface area (Å²) in [5.74, 6) is -0.211. The summed E-state index contributed by atoms with van der Waals surface area (Å²) in [6.07, 6.45) is 4.93. The molecule has 2 amide bonds. The van der Waals surface area contributed by atoms with Crippen LogP contribution in [0.25, 0.3) is 0 Å². The van der Waals surface area contributed by atoms with E-state index < -0.39 is 0 Å². The fourth-order valence-corrected chi connectivity index (χ4v) is 3.90. The van der Waals surface area contributed by atoms with E-state index >= 15 is 0 Å². The first-order valence-electron chi connectivity index (χ1n) is 9.04. The second-order valence-corrected chi connectivity index (χ2v) is 7.15. The number of amides is 2. The first kappa shape index (κ1) is 17.2. The summed E-state index contributed by atoms with van der Waals surface area (Å²) in [6, 6.07) is 7.28. The zero-order chi connectivity index (χ0) is 17.1. The third-order valence-electron chi connectivity index (χ3n) is 5.42. The highest BCUT2D eigenvalue weighted by Gasteiger charge is 2.37. The Bertz CT molecular complexity index is 555. The fraction of sp³-hybridized carbons (Fsp3) is 0.632. The van der Waals surface area contributed by atoms with E-state index in [1.54, 1.807) is 0 Å². The molecule has 2 atom stereocenters. The molecule has 2 heterocycles. The molecule has 0 bridgehead atoms. The van der Waals surface area contributed by atoms with Crippen molar-refractivity contribution in [2.75, 3.05) is 13.1 Å². The fourth-order valence-electron chi connectivity index (χ4n) is 3.90. The maximum atomic E-state index is 13.0. The SMILES string of the molecule is C[C@@H]1CC[C@H](CCc2ccc(F)cc2)N1C(=O)N1CCC(O)CC1. The van der Waals surface area contributed by atoms with Gasteiger partial charge in [0.25, 0.3) is 0 Å². The number of rotatable bonds is 3. The lowest BCUT2D eigenvalue weighted by Gasteiger charge is -2.37. The molecule has 0 unspecified atom stereocenters. The van der Waals surface area contributed by atoms with Crippen LogP contribution in [0.3, 0.4) is 0 Å². The average molecular weight is 334 g/mol. The van der Waals surface area contributed by atoms with Crippen LogP contribution in [0.2, 0.25) is 0 Å². The van der Waals surface area contributed by atoms with E-state index in [0.29, 0.717) is 25.9 Å². The van der Waals surface area contributed by atoms with Gasteiger partial charge in [0.2, 0.25) is 0 Å². The zero-order valence-electron chi connectivity index (χ0n) is 14.3. The number of halogens is 1. The maximum absolute atomic E-state index is 13.0. The number of carbonyl (C=O) groups excluding carboxylic acids is 1. The quantitative estimate of drug-likeness (QED) is 0.922. The van der Waals surface area contributed by atoms with Crippen molar-refractivity contribution in [3.8, 4) is 0 Å². The molecule has 24 heavy (non-hydrogen) atoms. The van der Waals surface area contributed by atoms with Gasteiger partial charge in [-0.05, 0) is 63.1 Å². The Morgan fingerprint density at radius 3 is 2.50 bits per heavy atom. The van der Waals surface area contributed by atoms with Crippen molar-refractivity contribution in [3.05, 3.63) is 35.6 Å². The summed E-state index contributed by atoms with van der Waals surface area (Å²) in [7, 11) is 0. The normalized spacial score (nSPS) is 25.3. The van der Waals surface area contributed by atoms with Crippen LogP contribution in [0.5, 0.6) is 0 Å². The molecule has 2 aliphatic rings. The number of nitrogens with zero attached hydrogens (tertiary/aromatic N) is 2. The Kier molecular flexibility index (Phi) is 5.39. The number of benzene rings is 1. The van der Waals surface area contributed by atoms with Crippen molar-refractivity contribution in [2.45, 2.75) is 63.6 Å². The van der Waals surface area contributed by atoms with Gasteiger partial charge in [-0.25, -0.2) is 9.18 Å². The van der Waals surface area contributed by atoms with Gasteiger partial charge in [-0.2, -0.15) is 0 Å². The summed E-state index contributed by atoms with van der Waals surface area (Å²) in [4.78, 5) is 16.8. The van der Waals surface area contributed by atoms with Crippen LogP contribution in [0, 0.1) is 5.82 Å². The molecule has 0 aromatic heterocycles. The first-order chi connectivity index (χ1) is 11.5. The van der Waals surface area contributed by atoms with E-state index in [4.69, 9.17) is 0 Å². The summed E-state index contributed by atoms with van der Waals surface area (Å²) in [6.45, 7) is 3.41. The van der Waals surface area contributed by atoms with E-state index in [9.17, 15) is 14.3 Å². The number of hydrogen-bond donors (Lipinski definition) is 1. The predicted molar refractivity (Wildman–Crippen MR) is 91.3 cm³/mol. The van der Waals surface area contributed by atoms with E-state index in [2.05, 4.69) is 6.92 Å². The highest BCUT2D eigenvalue weighted by molar-refractivity contribution is 5.75. The Morgan fingerprint density at radius 1 is 1.17 bits per heavy atom. The molecule has 0 aliphatic carbocycles. The minimum absolute atomic E-state index is 0.121. The van der Waals surface area contributed by atoms with Gasteiger partial charge in [-0.15, -0.1) is 0 Å². The lowest BCUT2D eigenvalue weighted by molar-refractivity contribution is 0.0746. The van der Waals surface area contributed by atoms with Crippen LogP contribution in [0.1, 0.15) is 44.6 Å². The lowest BCUT2D eigenvalue weighted by atomic mass is 10.0. The molecule has 0 radical (unpaired) electrons. The number of aliphatic hydroxyl groups is 1. The van der Waals surface area contributed by atoms with Crippen LogP contribution in [0.15, 0.2) is 24.3 Å². The number of likely N-dealkylation sites (tertiary alicyclic amines) is 2. The van der Waals surface area contributed by atoms with Gasteiger partial charge in [0.05, 0.1) is 6.10 Å². The van der Waals surface area contributed by atoms with Gasteiger partial charge >= 0.3 is 6.03 Å². The Balaban J connectivity index is 1.60. The second kappa shape index (κ2) is 7.51. The molecule has 2 aliphatic heterocycles. The van der Waals surface area contributed by atoms with Crippen LogP contribution >= 0.6 is 0 Å². The predicted octanol–water partition coefficient (Wildman–Crippen LogP) is 3.19. The van der Waals surface area contributed by atoms with E-state index in [1.165, 1.54) is 12.1 Å². The van der Waals surface area contributed by atoms with E-state index in [0.717, 1.165) is 31.2 Å². The Labute approximate surface area is 143 Å². The van der Waals surface area contributed by atoms with Gasteiger partial charge in [-0.3, -0.25) is 0 Å². The number of hydrogen-bond acceptors (Lipinski definition) is 2. The largest absolute Gasteiger partial charge is 0.393 e. The number of aryl methyl sites for hydroxylation is 1. The smallest absolute Gasteiger partial charge is 0.320 e. The topological polar surface area (TPSA) is 43.8 Å². The molecule has 5 heteroatoms. The van der Waals surface area contributed by atoms with Gasteiger partial charge in [-0.1, -0.05) is 12.1 Å². The van der Waals surface area contributed by atoms with Crippen LogP contribution in [0.4, 0.5) is 9.18 Å². The monoisotopic (exact) mass is 334 g/mol. The molecule has 1 aromatic carbocycles. The summed E-state index contributed by atoms with van der Waals surface area (Å²) in [5.41, 5.74) is 1.12. The third-order valence-corrected chi connectivity index (χ3v) is 5.42. The molecule has 132 valence electrons. The summed E-state index contributed by atoms with van der Waals surface area (Å²) in [5, 5.41) is 9.63. The molecule has 2 saturated heterocycles. The minimum Gasteiger partial charge on any atom is -0.393 e. The van der Waals surface area contributed by atoms with Crippen molar-refractivity contribution in [2.24, 2.45) is 0 Å². The van der Waals surface area contributed by atoms with Gasteiger partial charge in [0, 0.05) is 25.2 Å². The molecule has 1 N–H and O–H groups in total. The highest BCUT2D eigenvalue weighted by Crippen LogP contribution is 2.29. The molecule has 0 saturated carbocycles. The minimum atomic E-state index is -0.265.